The first-order valence-corrected chi connectivity index (χ1v) is 5.34. The second kappa shape index (κ2) is 3.95. The maximum absolute atomic E-state index is 5.98. The average molecular weight is 184 g/mol. The van der Waals surface area contributed by atoms with E-state index in [0.29, 0.717) is 0 Å². The monoisotopic (exact) mass is 184 g/mol. The predicted octanol–water partition coefficient (Wildman–Crippen LogP) is 0.461. The van der Waals surface area contributed by atoms with Crippen LogP contribution in [0.3, 0.4) is 0 Å². The van der Waals surface area contributed by atoms with E-state index in [2.05, 4.69) is 17.3 Å². The minimum absolute atomic E-state index is 0.177. The molecule has 0 aliphatic carbocycles. The highest BCUT2D eigenvalue weighted by atomic mass is 16.5. The Labute approximate surface area is 80.4 Å². The van der Waals surface area contributed by atoms with Crippen LogP contribution in [-0.2, 0) is 4.74 Å². The number of likely N-dealkylation sites (N-methyl/N-ethyl adjacent to an activating group) is 1. The predicted molar refractivity (Wildman–Crippen MR) is 52.9 cm³/mol. The van der Waals surface area contributed by atoms with Gasteiger partial charge in [0.05, 0.1) is 12.2 Å². The lowest BCUT2D eigenvalue weighted by Crippen LogP contribution is -2.50. The van der Waals surface area contributed by atoms with E-state index in [4.69, 9.17) is 4.74 Å². The average Bonchev–Trinajstić information content (AvgIpc) is 2.31. The quantitative estimate of drug-likeness (QED) is 0.592. The van der Waals surface area contributed by atoms with Gasteiger partial charge in [0.2, 0.25) is 0 Å². The Morgan fingerprint density at radius 2 is 2.23 bits per heavy atom. The normalized spacial score (nSPS) is 37.6. The lowest BCUT2D eigenvalue weighted by atomic mass is 9.93. The molecule has 1 unspecified atom stereocenters. The molecule has 2 heterocycles. The van der Waals surface area contributed by atoms with Crippen LogP contribution in [0.4, 0.5) is 0 Å². The third-order valence-electron chi connectivity index (χ3n) is 3.18. The number of nitrogens with zero attached hydrogens (tertiary/aromatic N) is 1. The maximum Gasteiger partial charge on any atom is 0.0821 e. The number of morpholine rings is 1. The van der Waals surface area contributed by atoms with Gasteiger partial charge in [-0.2, -0.15) is 0 Å². The van der Waals surface area contributed by atoms with E-state index >= 15 is 0 Å². The minimum atomic E-state index is 0.177. The zero-order valence-corrected chi connectivity index (χ0v) is 8.51. The number of nitrogens with one attached hydrogen (secondary N) is 1. The molecule has 0 radical (unpaired) electrons. The van der Waals surface area contributed by atoms with Crippen molar-refractivity contribution in [1.82, 2.24) is 10.2 Å². The maximum atomic E-state index is 5.98. The molecule has 76 valence electrons. The SMILES string of the molecule is CN1CCOC2(CCCNCC2)C1. The lowest BCUT2D eigenvalue weighted by molar-refractivity contribution is -0.109. The van der Waals surface area contributed by atoms with Crippen LogP contribution in [-0.4, -0.2) is 50.3 Å². The second-order valence-corrected chi connectivity index (χ2v) is 4.37. The van der Waals surface area contributed by atoms with Gasteiger partial charge in [-0.3, -0.25) is 0 Å². The Bertz CT molecular complexity index is 164. The second-order valence-electron chi connectivity index (χ2n) is 4.37. The zero-order chi connectivity index (χ0) is 9.15. The van der Waals surface area contributed by atoms with Crippen LogP contribution in [0.1, 0.15) is 19.3 Å². The molecule has 0 saturated carbocycles. The summed E-state index contributed by atoms with van der Waals surface area (Å²) < 4.78 is 5.98. The van der Waals surface area contributed by atoms with E-state index < -0.39 is 0 Å². The Morgan fingerprint density at radius 1 is 1.31 bits per heavy atom. The molecule has 0 amide bonds. The molecule has 0 bridgehead atoms. The number of hydrogen-bond donors (Lipinski definition) is 1. The fourth-order valence-corrected chi connectivity index (χ4v) is 2.44. The van der Waals surface area contributed by atoms with Gasteiger partial charge in [-0.15, -0.1) is 0 Å². The van der Waals surface area contributed by atoms with Gasteiger partial charge >= 0.3 is 0 Å². The third-order valence-corrected chi connectivity index (χ3v) is 3.18. The van der Waals surface area contributed by atoms with Crippen molar-refractivity contribution >= 4 is 0 Å². The van der Waals surface area contributed by atoms with E-state index in [1.54, 1.807) is 0 Å². The van der Waals surface area contributed by atoms with Crippen LogP contribution in [0, 0.1) is 0 Å². The van der Waals surface area contributed by atoms with Crippen LogP contribution >= 0.6 is 0 Å². The van der Waals surface area contributed by atoms with Gasteiger partial charge in [-0.05, 0) is 39.4 Å². The Morgan fingerprint density at radius 3 is 3.08 bits per heavy atom. The topological polar surface area (TPSA) is 24.5 Å². The van der Waals surface area contributed by atoms with Gasteiger partial charge in [-0.25, -0.2) is 0 Å². The van der Waals surface area contributed by atoms with Gasteiger partial charge in [0, 0.05) is 13.1 Å². The summed E-state index contributed by atoms with van der Waals surface area (Å²) in [6.07, 6.45) is 3.66. The van der Waals surface area contributed by atoms with E-state index in [-0.39, 0.29) is 5.60 Å². The highest BCUT2D eigenvalue weighted by molar-refractivity contribution is 4.89. The van der Waals surface area contributed by atoms with Gasteiger partial charge in [0.15, 0.2) is 0 Å². The molecule has 2 fully saturated rings. The molecule has 1 N–H and O–H groups in total. The van der Waals surface area contributed by atoms with Crippen LogP contribution in [0.5, 0.6) is 0 Å². The molecule has 3 nitrogen and oxygen atoms in total. The zero-order valence-electron chi connectivity index (χ0n) is 8.51. The van der Waals surface area contributed by atoms with Crippen molar-refractivity contribution in [3.05, 3.63) is 0 Å². The van der Waals surface area contributed by atoms with E-state index in [0.717, 1.165) is 32.8 Å². The fourth-order valence-electron chi connectivity index (χ4n) is 2.44. The molecule has 2 saturated heterocycles. The summed E-state index contributed by atoms with van der Waals surface area (Å²) >= 11 is 0. The Balaban J connectivity index is 1.99. The van der Waals surface area contributed by atoms with E-state index in [1.165, 1.54) is 19.3 Å². The van der Waals surface area contributed by atoms with Crippen molar-refractivity contribution in [1.29, 1.82) is 0 Å². The van der Waals surface area contributed by atoms with Crippen molar-refractivity contribution in [3.8, 4) is 0 Å². The molecular formula is C10H20N2O. The molecule has 13 heavy (non-hydrogen) atoms. The molecule has 1 spiro atoms. The van der Waals surface area contributed by atoms with Crippen molar-refractivity contribution in [2.75, 3.05) is 39.8 Å². The Hall–Kier alpha value is -0.120. The van der Waals surface area contributed by atoms with Gasteiger partial charge in [-0.1, -0.05) is 0 Å². The van der Waals surface area contributed by atoms with Crippen LogP contribution < -0.4 is 5.32 Å². The van der Waals surface area contributed by atoms with Crippen LogP contribution in [0.25, 0.3) is 0 Å². The van der Waals surface area contributed by atoms with Crippen molar-refractivity contribution < 1.29 is 4.74 Å². The van der Waals surface area contributed by atoms with E-state index in [9.17, 15) is 0 Å². The Kier molecular flexibility index (Phi) is 2.86. The summed E-state index contributed by atoms with van der Waals surface area (Å²) in [4.78, 5) is 2.40. The first kappa shape index (κ1) is 9.44. The molecule has 2 rings (SSSR count). The van der Waals surface area contributed by atoms with Crippen molar-refractivity contribution in [3.63, 3.8) is 0 Å². The molecule has 2 aliphatic rings. The van der Waals surface area contributed by atoms with Crippen molar-refractivity contribution in [2.45, 2.75) is 24.9 Å². The smallest absolute Gasteiger partial charge is 0.0821 e. The number of ether oxygens (including phenoxy) is 1. The van der Waals surface area contributed by atoms with Crippen molar-refractivity contribution in [2.24, 2.45) is 0 Å². The summed E-state index contributed by atoms with van der Waals surface area (Å²) in [5, 5.41) is 3.44. The first-order valence-electron chi connectivity index (χ1n) is 5.34. The molecule has 1 atom stereocenters. The fraction of sp³-hybridized carbons (Fsp3) is 1.00. The summed E-state index contributed by atoms with van der Waals surface area (Å²) in [6, 6.07) is 0. The third kappa shape index (κ3) is 2.22. The molecular weight excluding hydrogens is 164 g/mol. The standard InChI is InChI=1S/C10H20N2O/c1-12-7-8-13-10(9-12)3-2-5-11-6-4-10/h11H,2-9H2,1H3. The highest BCUT2D eigenvalue weighted by Gasteiger charge is 2.35. The number of hydrogen-bond acceptors (Lipinski definition) is 3. The van der Waals surface area contributed by atoms with Gasteiger partial charge in [0.1, 0.15) is 0 Å². The van der Waals surface area contributed by atoms with Crippen LogP contribution in [0.15, 0.2) is 0 Å². The summed E-state index contributed by atoms with van der Waals surface area (Å²) in [5.74, 6) is 0. The van der Waals surface area contributed by atoms with E-state index in [1.807, 2.05) is 0 Å². The lowest BCUT2D eigenvalue weighted by Gasteiger charge is -2.41. The first-order chi connectivity index (χ1) is 6.31. The summed E-state index contributed by atoms with van der Waals surface area (Å²) in [6.45, 7) is 5.41. The minimum Gasteiger partial charge on any atom is -0.372 e. The van der Waals surface area contributed by atoms with Gasteiger partial charge in [0.25, 0.3) is 0 Å². The molecule has 2 aliphatic heterocycles. The summed E-state index contributed by atoms with van der Waals surface area (Å²) in [5.41, 5.74) is 0.177. The number of rotatable bonds is 0. The highest BCUT2D eigenvalue weighted by Crippen LogP contribution is 2.27. The molecule has 0 aromatic rings. The van der Waals surface area contributed by atoms with Crippen LogP contribution in [0.2, 0.25) is 0 Å². The summed E-state index contributed by atoms with van der Waals surface area (Å²) in [7, 11) is 2.20. The largest absolute Gasteiger partial charge is 0.372 e. The molecule has 3 heteroatoms. The molecule has 0 aromatic heterocycles. The molecule has 0 aromatic carbocycles. The van der Waals surface area contributed by atoms with Gasteiger partial charge < -0.3 is 15.0 Å².